The van der Waals surface area contributed by atoms with Crippen LogP contribution in [-0.4, -0.2) is 14.3 Å². The Labute approximate surface area is 96.0 Å². The van der Waals surface area contributed by atoms with Gasteiger partial charge in [0.2, 0.25) is 0 Å². The van der Waals surface area contributed by atoms with E-state index in [1.54, 1.807) is 6.20 Å². The zero-order chi connectivity index (χ0) is 11.0. The van der Waals surface area contributed by atoms with E-state index in [4.69, 9.17) is 5.73 Å². The number of hydrogen-bond donors (Lipinski definition) is 1. The summed E-state index contributed by atoms with van der Waals surface area (Å²) in [4.78, 5) is 8.70. The maximum absolute atomic E-state index is 5.78. The lowest BCUT2D eigenvalue weighted by Gasteiger charge is -1.99. The van der Waals surface area contributed by atoms with E-state index >= 15 is 0 Å². The molecule has 0 amide bonds. The molecule has 0 spiro atoms. The highest BCUT2D eigenvalue weighted by Gasteiger charge is 2.07. The van der Waals surface area contributed by atoms with Gasteiger partial charge in [-0.25, -0.2) is 9.97 Å². The normalized spacial score (nSPS) is 10.8. The Morgan fingerprint density at radius 3 is 2.75 bits per heavy atom. The molecule has 2 heterocycles. The molecule has 3 aromatic rings. The third-order valence-electron chi connectivity index (χ3n) is 2.29. The van der Waals surface area contributed by atoms with Crippen molar-refractivity contribution in [1.29, 1.82) is 0 Å². The van der Waals surface area contributed by atoms with Crippen LogP contribution in [0, 0.1) is 0 Å². The van der Waals surface area contributed by atoms with Crippen LogP contribution in [0.4, 0.5) is 5.00 Å². The van der Waals surface area contributed by atoms with Crippen LogP contribution in [-0.2, 0) is 0 Å². The van der Waals surface area contributed by atoms with Crippen LogP contribution in [0.25, 0.3) is 22.4 Å². The molecule has 0 aliphatic rings. The van der Waals surface area contributed by atoms with Crippen molar-refractivity contribution in [3.63, 3.8) is 0 Å². The predicted octanol–water partition coefficient (Wildman–Crippen LogP) is 2.34. The molecular weight excluding hydrogens is 220 g/mol. The number of fused-ring (bicyclic) bond motifs is 1. The van der Waals surface area contributed by atoms with Crippen molar-refractivity contribution in [2.45, 2.75) is 0 Å². The number of hydrogen-bond acceptors (Lipinski definition) is 5. The van der Waals surface area contributed by atoms with Gasteiger partial charge in [0.1, 0.15) is 10.5 Å². The smallest absolute Gasteiger partial charge is 0.193 e. The van der Waals surface area contributed by atoms with Crippen molar-refractivity contribution in [3.8, 4) is 11.3 Å². The van der Waals surface area contributed by atoms with Gasteiger partial charge in [0.05, 0.1) is 11.9 Å². The third kappa shape index (κ3) is 1.42. The molecule has 0 aliphatic heterocycles. The highest BCUT2D eigenvalue weighted by Crippen LogP contribution is 2.24. The summed E-state index contributed by atoms with van der Waals surface area (Å²) < 4.78 is 4.10. The van der Waals surface area contributed by atoms with Crippen LogP contribution >= 0.6 is 11.5 Å². The quantitative estimate of drug-likeness (QED) is 0.694. The molecule has 0 saturated carbocycles. The Bertz CT molecular complexity index is 633. The minimum atomic E-state index is 0.611. The molecule has 0 radical (unpaired) electrons. The maximum Gasteiger partial charge on any atom is 0.193 e. The van der Waals surface area contributed by atoms with E-state index in [-0.39, 0.29) is 0 Å². The summed E-state index contributed by atoms with van der Waals surface area (Å²) in [6, 6.07) is 9.89. The molecule has 4 nitrogen and oxygen atoms in total. The summed E-state index contributed by atoms with van der Waals surface area (Å²) in [5.41, 5.74) is 8.93. The summed E-state index contributed by atoms with van der Waals surface area (Å²) >= 11 is 1.22. The van der Waals surface area contributed by atoms with E-state index in [0.717, 1.165) is 11.3 Å². The molecule has 3 rings (SSSR count). The van der Waals surface area contributed by atoms with Gasteiger partial charge in [0.25, 0.3) is 0 Å². The number of nitrogen functional groups attached to an aromatic ring is 1. The average molecular weight is 228 g/mol. The van der Waals surface area contributed by atoms with Gasteiger partial charge in [-0.15, -0.1) is 0 Å². The first-order valence-electron chi connectivity index (χ1n) is 4.78. The summed E-state index contributed by atoms with van der Waals surface area (Å²) in [5, 5.41) is 0.611. The van der Waals surface area contributed by atoms with Gasteiger partial charge in [-0.1, -0.05) is 30.3 Å². The fourth-order valence-corrected chi connectivity index (χ4v) is 2.04. The SMILES string of the molecule is Nc1snc2ncc(-c3ccccc3)nc12. The third-order valence-corrected chi connectivity index (χ3v) is 2.94. The zero-order valence-electron chi connectivity index (χ0n) is 8.29. The van der Waals surface area contributed by atoms with Gasteiger partial charge >= 0.3 is 0 Å². The van der Waals surface area contributed by atoms with Crippen molar-refractivity contribution < 1.29 is 0 Å². The lowest BCUT2D eigenvalue weighted by molar-refractivity contribution is 1.28. The fraction of sp³-hybridized carbons (Fsp3) is 0. The second-order valence-electron chi connectivity index (χ2n) is 3.34. The molecular formula is C11H8N4S. The minimum Gasteiger partial charge on any atom is -0.387 e. The summed E-state index contributed by atoms with van der Waals surface area (Å²) in [7, 11) is 0. The van der Waals surface area contributed by atoms with Crippen molar-refractivity contribution in [2.24, 2.45) is 0 Å². The van der Waals surface area contributed by atoms with Crippen molar-refractivity contribution in [2.75, 3.05) is 5.73 Å². The van der Waals surface area contributed by atoms with Gasteiger partial charge in [-0.2, -0.15) is 4.37 Å². The van der Waals surface area contributed by atoms with E-state index in [0.29, 0.717) is 16.2 Å². The van der Waals surface area contributed by atoms with E-state index in [9.17, 15) is 0 Å². The molecule has 0 unspecified atom stereocenters. The Balaban J connectivity index is 2.22. The Hall–Kier alpha value is -2.01. The fourth-order valence-electron chi connectivity index (χ4n) is 1.50. The van der Waals surface area contributed by atoms with Crippen molar-refractivity contribution in [1.82, 2.24) is 14.3 Å². The molecule has 0 bridgehead atoms. The molecule has 5 heteroatoms. The van der Waals surface area contributed by atoms with Crippen molar-refractivity contribution >= 4 is 27.7 Å². The second kappa shape index (κ2) is 3.53. The molecule has 0 aliphatic carbocycles. The van der Waals surface area contributed by atoms with Gasteiger partial charge in [0, 0.05) is 5.56 Å². The zero-order valence-corrected chi connectivity index (χ0v) is 9.11. The van der Waals surface area contributed by atoms with Gasteiger partial charge in [-0.3, -0.25) is 0 Å². The summed E-state index contributed by atoms with van der Waals surface area (Å²) in [5.74, 6) is 0. The number of nitrogens with zero attached hydrogens (tertiary/aromatic N) is 3. The van der Waals surface area contributed by atoms with E-state index in [1.807, 2.05) is 30.3 Å². The summed E-state index contributed by atoms with van der Waals surface area (Å²) in [6.45, 7) is 0. The Morgan fingerprint density at radius 2 is 1.94 bits per heavy atom. The monoisotopic (exact) mass is 228 g/mol. The van der Waals surface area contributed by atoms with Gasteiger partial charge in [-0.05, 0) is 11.5 Å². The van der Waals surface area contributed by atoms with Crippen molar-refractivity contribution in [3.05, 3.63) is 36.5 Å². The van der Waals surface area contributed by atoms with Gasteiger partial charge < -0.3 is 5.73 Å². The predicted molar refractivity (Wildman–Crippen MR) is 65.1 cm³/mol. The minimum absolute atomic E-state index is 0.611. The molecule has 78 valence electrons. The number of rotatable bonds is 1. The van der Waals surface area contributed by atoms with Crippen LogP contribution in [0.5, 0.6) is 0 Å². The van der Waals surface area contributed by atoms with E-state index in [1.165, 1.54) is 11.5 Å². The largest absolute Gasteiger partial charge is 0.387 e. The first-order chi connectivity index (χ1) is 7.84. The molecule has 2 N–H and O–H groups in total. The van der Waals surface area contributed by atoms with Crippen LogP contribution in [0.3, 0.4) is 0 Å². The molecule has 0 atom stereocenters. The van der Waals surface area contributed by atoms with Crippen LogP contribution in [0.1, 0.15) is 0 Å². The van der Waals surface area contributed by atoms with E-state index < -0.39 is 0 Å². The second-order valence-corrected chi connectivity index (χ2v) is 4.15. The van der Waals surface area contributed by atoms with Gasteiger partial charge in [0.15, 0.2) is 5.65 Å². The topological polar surface area (TPSA) is 64.7 Å². The lowest BCUT2D eigenvalue weighted by atomic mass is 10.2. The van der Waals surface area contributed by atoms with Crippen LogP contribution < -0.4 is 5.73 Å². The Kier molecular flexibility index (Phi) is 2.04. The molecule has 0 fully saturated rings. The molecule has 1 aromatic carbocycles. The standard InChI is InChI=1S/C11H8N4S/c12-10-9-11(15-16-10)13-6-8(14-9)7-4-2-1-3-5-7/h1-6H,12H2. The number of benzene rings is 1. The maximum atomic E-state index is 5.78. The van der Waals surface area contributed by atoms with Crippen LogP contribution in [0.2, 0.25) is 0 Å². The first-order valence-corrected chi connectivity index (χ1v) is 5.55. The number of aromatic nitrogens is 3. The Morgan fingerprint density at radius 1 is 1.12 bits per heavy atom. The molecule has 2 aromatic heterocycles. The number of anilines is 1. The highest BCUT2D eigenvalue weighted by atomic mass is 32.1. The molecule has 0 saturated heterocycles. The number of nitrogens with two attached hydrogens (primary N) is 1. The lowest BCUT2D eigenvalue weighted by Crippen LogP contribution is -1.89. The first kappa shape index (κ1) is 9.23. The molecule has 16 heavy (non-hydrogen) atoms. The van der Waals surface area contributed by atoms with Crippen LogP contribution in [0.15, 0.2) is 36.5 Å². The highest BCUT2D eigenvalue weighted by molar-refractivity contribution is 7.11. The average Bonchev–Trinajstić information content (AvgIpc) is 2.72. The van der Waals surface area contributed by atoms with E-state index in [2.05, 4.69) is 14.3 Å². The summed E-state index contributed by atoms with van der Waals surface area (Å²) in [6.07, 6.45) is 1.72.